The van der Waals surface area contributed by atoms with E-state index in [1.54, 1.807) is 36.1 Å². The number of likely N-dealkylation sites (tertiary alicyclic amines) is 1. The molecule has 0 spiro atoms. The lowest BCUT2D eigenvalue weighted by molar-refractivity contribution is -0.133. The van der Waals surface area contributed by atoms with Crippen LogP contribution >= 0.6 is 0 Å². The molecule has 1 aromatic carbocycles. The van der Waals surface area contributed by atoms with Gasteiger partial charge < -0.3 is 10.2 Å². The maximum Gasteiger partial charge on any atom is 0.251 e. The first-order valence-electron chi connectivity index (χ1n) is 7.03. The molecule has 1 aliphatic heterocycles. The van der Waals surface area contributed by atoms with E-state index in [9.17, 15) is 9.59 Å². The molecule has 2 amide bonds. The molecule has 1 unspecified atom stereocenters. The van der Waals surface area contributed by atoms with Gasteiger partial charge in [0.25, 0.3) is 5.91 Å². The zero-order valence-electron chi connectivity index (χ0n) is 12.0. The number of rotatable bonds is 3. The minimum atomic E-state index is -0.550. The second-order valence-corrected chi connectivity index (χ2v) is 5.08. The Morgan fingerprint density at radius 2 is 1.86 bits per heavy atom. The summed E-state index contributed by atoms with van der Waals surface area (Å²) in [5, 5.41) is 11.4. The number of hydrogen-bond donors (Lipinski definition) is 1. The molecule has 21 heavy (non-hydrogen) atoms. The van der Waals surface area contributed by atoms with E-state index in [1.807, 2.05) is 6.07 Å². The van der Waals surface area contributed by atoms with Crippen LogP contribution in [-0.2, 0) is 4.79 Å². The minimum Gasteiger partial charge on any atom is -0.341 e. The molecule has 1 fully saturated rings. The molecule has 1 N–H and O–H groups in total. The third-order valence-electron chi connectivity index (χ3n) is 3.51. The molecule has 0 aliphatic carbocycles. The maximum absolute atomic E-state index is 12.2. The molecule has 5 heteroatoms. The summed E-state index contributed by atoms with van der Waals surface area (Å²) in [6, 6.07) is 7.79. The van der Waals surface area contributed by atoms with Crippen molar-refractivity contribution in [2.45, 2.75) is 25.8 Å². The summed E-state index contributed by atoms with van der Waals surface area (Å²) in [6.07, 6.45) is 3.98. The van der Waals surface area contributed by atoms with Crippen LogP contribution in [0, 0.1) is 17.8 Å². The zero-order valence-corrected chi connectivity index (χ0v) is 12.0. The number of hydrogen-bond acceptors (Lipinski definition) is 3. The van der Waals surface area contributed by atoms with Crippen LogP contribution in [0.15, 0.2) is 24.3 Å². The monoisotopic (exact) mass is 284 g/mol. The minimum absolute atomic E-state index is 0.0508. The van der Waals surface area contributed by atoms with E-state index >= 15 is 0 Å². The number of nitrogens with zero attached hydrogens (tertiary/aromatic N) is 2. The van der Waals surface area contributed by atoms with Gasteiger partial charge in [0.05, 0.1) is 11.6 Å². The van der Waals surface area contributed by atoms with Crippen molar-refractivity contribution in [1.29, 1.82) is 5.26 Å². The highest BCUT2D eigenvalue weighted by Crippen LogP contribution is 2.10. The topological polar surface area (TPSA) is 73.2 Å². The van der Waals surface area contributed by atoms with Gasteiger partial charge >= 0.3 is 0 Å². The Balaban J connectivity index is 1.94. The van der Waals surface area contributed by atoms with Crippen LogP contribution in [0.5, 0.6) is 0 Å². The number of carbonyl (C=O) groups is 2. The first-order chi connectivity index (χ1) is 10.1. The van der Waals surface area contributed by atoms with Gasteiger partial charge in [-0.1, -0.05) is 0 Å². The van der Waals surface area contributed by atoms with Crippen molar-refractivity contribution in [2.24, 2.45) is 0 Å². The summed E-state index contributed by atoms with van der Waals surface area (Å²) in [5.41, 5.74) is 0.945. The molecule has 1 heterocycles. The molecule has 109 valence electrons. The molecule has 1 saturated heterocycles. The molecule has 0 aromatic heterocycles. The van der Waals surface area contributed by atoms with Crippen molar-refractivity contribution in [1.82, 2.24) is 10.2 Å². The molecule has 0 bridgehead atoms. The van der Waals surface area contributed by atoms with E-state index in [-0.39, 0.29) is 11.8 Å². The lowest BCUT2D eigenvalue weighted by atomic mass is 10.1. The molecule has 1 aromatic rings. The number of amides is 2. The third-order valence-corrected chi connectivity index (χ3v) is 3.51. The van der Waals surface area contributed by atoms with E-state index in [0.29, 0.717) is 11.1 Å². The van der Waals surface area contributed by atoms with Gasteiger partial charge in [-0.3, -0.25) is 9.59 Å². The Hall–Kier alpha value is -2.35. The molecule has 5 nitrogen and oxygen atoms in total. The average Bonchev–Trinajstić information content (AvgIpc) is 2.55. The molecule has 1 atom stereocenters. The first-order valence-corrected chi connectivity index (χ1v) is 7.03. The van der Waals surface area contributed by atoms with Gasteiger partial charge in [-0.15, -0.1) is 0 Å². The Labute approximate surface area is 124 Å². The fourth-order valence-electron chi connectivity index (χ4n) is 2.28. The van der Waals surface area contributed by atoms with E-state index in [0.717, 1.165) is 25.9 Å². The van der Waals surface area contributed by atoms with Gasteiger partial charge in [0.1, 0.15) is 6.04 Å². The Morgan fingerprint density at radius 1 is 1.24 bits per heavy atom. The van der Waals surface area contributed by atoms with Gasteiger partial charge in [-0.05, 0) is 50.5 Å². The van der Waals surface area contributed by atoms with Crippen molar-refractivity contribution >= 4 is 11.8 Å². The molecule has 2 rings (SSSR count). The predicted octanol–water partition coefficient (Wildman–Crippen LogP) is 1.50. The molecule has 1 radical (unpaired) electrons. The first kappa shape index (κ1) is 15.0. The normalized spacial score (nSPS) is 15.9. The van der Waals surface area contributed by atoms with Crippen LogP contribution in [0.1, 0.15) is 35.7 Å². The van der Waals surface area contributed by atoms with Crippen LogP contribution < -0.4 is 5.32 Å². The van der Waals surface area contributed by atoms with E-state index in [2.05, 4.69) is 11.7 Å². The van der Waals surface area contributed by atoms with Crippen molar-refractivity contribution in [2.75, 3.05) is 13.1 Å². The fourth-order valence-corrected chi connectivity index (χ4v) is 2.28. The van der Waals surface area contributed by atoms with Gasteiger partial charge in [-0.2, -0.15) is 5.26 Å². The predicted molar refractivity (Wildman–Crippen MR) is 78.2 cm³/mol. The Morgan fingerprint density at radius 3 is 2.43 bits per heavy atom. The second-order valence-electron chi connectivity index (χ2n) is 5.08. The number of nitrogens with one attached hydrogen (secondary N) is 1. The SMILES string of the molecule is CC(NC(=O)c1ccc(C#N)cc1)C(=O)N1CC[CH]CC1. The number of benzene rings is 1. The van der Waals surface area contributed by atoms with Crippen LogP contribution in [0.25, 0.3) is 0 Å². The van der Waals surface area contributed by atoms with Crippen LogP contribution in [0.4, 0.5) is 0 Å². The third kappa shape index (κ3) is 3.82. The number of piperidine rings is 1. The molecule has 0 saturated carbocycles. The van der Waals surface area contributed by atoms with Crippen molar-refractivity contribution in [3.8, 4) is 6.07 Å². The molecular formula is C16H18N3O2. The Bertz CT molecular complexity index is 554. The van der Waals surface area contributed by atoms with Crippen LogP contribution in [0.3, 0.4) is 0 Å². The molecular weight excluding hydrogens is 266 g/mol. The van der Waals surface area contributed by atoms with Crippen molar-refractivity contribution in [3.05, 3.63) is 41.8 Å². The van der Waals surface area contributed by atoms with Gasteiger partial charge in [-0.25, -0.2) is 0 Å². The summed E-state index contributed by atoms with van der Waals surface area (Å²) < 4.78 is 0. The van der Waals surface area contributed by atoms with Gasteiger partial charge in [0.2, 0.25) is 5.91 Å². The van der Waals surface area contributed by atoms with Crippen LogP contribution in [0.2, 0.25) is 0 Å². The highest BCUT2D eigenvalue weighted by Gasteiger charge is 2.23. The van der Waals surface area contributed by atoms with E-state index in [4.69, 9.17) is 5.26 Å². The van der Waals surface area contributed by atoms with Crippen molar-refractivity contribution < 1.29 is 9.59 Å². The highest BCUT2D eigenvalue weighted by molar-refractivity contribution is 5.97. The van der Waals surface area contributed by atoms with Gasteiger partial charge in [0.15, 0.2) is 0 Å². The summed E-state index contributed by atoms with van der Waals surface area (Å²) in [5.74, 6) is -0.353. The summed E-state index contributed by atoms with van der Waals surface area (Å²) in [6.45, 7) is 3.13. The number of carbonyl (C=O) groups excluding carboxylic acids is 2. The van der Waals surface area contributed by atoms with E-state index in [1.165, 1.54) is 0 Å². The van der Waals surface area contributed by atoms with Crippen LogP contribution in [-0.4, -0.2) is 35.8 Å². The Kier molecular flexibility index (Phi) is 4.94. The second kappa shape index (κ2) is 6.89. The van der Waals surface area contributed by atoms with Crippen molar-refractivity contribution in [3.63, 3.8) is 0 Å². The fraction of sp³-hybridized carbons (Fsp3) is 0.375. The smallest absolute Gasteiger partial charge is 0.251 e. The largest absolute Gasteiger partial charge is 0.341 e. The summed E-state index contributed by atoms with van der Waals surface area (Å²) in [4.78, 5) is 26.1. The number of nitriles is 1. The molecule has 1 aliphatic rings. The van der Waals surface area contributed by atoms with E-state index < -0.39 is 6.04 Å². The lowest BCUT2D eigenvalue weighted by Gasteiger charge is -2.29. The highest BCUT2D eigenvalue weighted by atomic mass is 16.2. The standard InChI is InChI=1S/C16H18N3O2/c1-12(16(21)19-9-3-2-4-10-19)18-15(20)14-7-5-13(11-17)6-8-14/h2,5-8,12H,3-4,9-10H2,1H3,(H,18,20). The van der Waals surface area contributed by atoms with Gasteiger partial charge in [0, 0.05) is 18.7 Å². The average molecular weight is 284 g/mol. The maximum atomic E-state index is 12.2. The summed E-state index contributed by atoms with van der Waals surface area (Å²) in [7, 11) is 0. The lowest BCUT2D eigenvalue weighted by Crippen LogP contribution is -2.48. The summed E-state index contributed by atoms with van der Waals surface area (Å²) >= 11 is 0. The quantitative estimate of drug-likeness (QED) is 0.914. The zero-order chi connectivity index (χ0) is 15.2.